The first-order valence-corrected chi connectivity index (χ1v) is 8.13. The molecule has 0 bridgehead atoms. The van der Waals surface area contributed by atoms with Crippen molar-refractivity contribution in [1.29, 1.82) is 0 Å². The number of piperidine rings is 1. The van der Waals surface area contributed by atoms with Gasteiger partial charge >= 0.3 is 0 Å². The van der Waals surface area contributed by atoms with E-state index in [1.54, 1.807) is 6.20 Å². The topological polar surface area (TPSA) is 72.4 Å². The van der Waals surface area contributed by atoms with Crippen LogP contribution >= 0.6 is 0 Å². The molecule has 2 aliphatic heterocycles. The zero-order valence-corrected chi connectivity index (χ0v) is 13.4. The van der Waals surface area contributed by atoms with Gasteiger partial charge in [0.15, 0.2) is 11.6 Å². The summed E-state index contributed by atoms with van der Waals surface area (Å²) >= 11 is 0. The average Bonchev–Trinajstić information content (AvgIpc) is 2.96. The third kappa shape index (κ3) is 3.64. The molecule has 0 unspecified atom stereocenters. The minimum atomic E-state index is -0.364. The molecule has 0 atom stereocenters. The average molecular weight is 307 g/mol. The Kier molecular flexibility index (Phi) is 4.73. The van der Waals surface area contributed by atoms with Gasteiger partial charge in [0.25, 0.3) is 0 Å². The van der Waals surface area contributed by atoms with E-state index in [1.807, 2.05) is 0 Å². The molecule has 1 N–H and O–H groups in total. The SMILES string of the molecule is CC(C)CCNc1cnnc(N2CCC3(CC2)OCCO3)n1. The molecule has 7 nitrogen and oxygen atoms in total. The zero-order valence-electron chi connectivity index (χ0n) is 13.4. The maximum atomic E-state index is 5.75. The highest BCUT2D eigenvalue weighted by molar-refractivity contribution is 5.39. The number of nitrogens with zero attached hydrogens (tertiary/aromatic N) is 4. The van der Waals surface area contributed by atoms with Gasteiger partial charge in [0.05, 0.1) is 19.4 Å². The van der Waals surface area contributed by atoms with Gasteiger partial charge in [-0.05, 0) is 12.3 Å². The van der Waals surface area contributed by atoms with Crippen molar-refractivity contribution < 1.29 is 9.47 Å². The van der Waals surface area contributed by atoms with Crippen LogP contribution in [0.1, 0.15) is 33.1 Å². The molecule has 0 saturated carbocycles. The van der Waals surface area contributed by atoms with Crippen molar-refractivity contribution in [2.75, 3.05) is 43.1 Å². The Labute approximate surface area is 131 Å². The van der Waals surface area contributed by atoms with Crippen LogP contribution in [0.25, 0.3) is 0 Å². The van der Waals surface area contributed by atoms with E-state index in [1.165, 1.54) is 0 Å². The molecule has 1 spiro atoms. The van der Waals surface area contributed by atoms with E-state index in [-0.39, 0.29) is 5.79 Å². The maximum Gasteiger partial charge on any atom is 0.247 e. The van der Waals surface area contributed by atoms with Crippen LogP contribution in [0, 0.1) is 5.92 Å². The Morgan fingerprint density at radius 3 is 2.68 bits per heavy atom. The molecular formula is C15H25N5O2. The summed E-state index contributed by atoms with van der Waals surface area (Å²) in [6, 6.07) is 0. The first-order chi connectivity index (χ1) is 10.7. The van der Waals surface area contributed by atoms with E-state index < -0.39 is 0 Å². The Morgan fingerprint density at radius 2 is 2.00 bits per heavy atom. The molecule has 2 saturated heterocycles. The Balaban J connectivity index is 1.56. The van der Waals surface area contributed by atoms with Crippen molar-refractivity contribution in [3.63, 3.8) is 0 Å². The molecule has 22 heavy (non-hydrogen) atoms. The summed E-state index contributed by atoms with van der Waals surface area (Å²) in [7, 11) is 0. The third-order valence-corrected chi connectivity index (χ3v) is 4.20. The molecule has 3 heterocycles. The van der Waals surface area contributed by atoms with Gasteiger partial charge in [-0.25, -0.2) is 0 Å². The highest BCUT2D eigenvalue weighted by Gasteiger charge is 2.40. The summed E-state index contributed by atoms with van der Waals surface area (Å²) in [6.45, 7) is 8.39. The molecule has 0 amide bonds. The number of hydrogen-bond acceptors (Lipinski definition) is 7. The molecule has 2 fully saturated rings. The molecule has 1 aromatic rings. The largest absolute Gasteiger partial charge is 0.369 e. The predicted molar refractivity (Wildman–Crippen MR) is 83.9 cm³/mol. The van der Waals surface area contributed by atoms with Crippen LogP contribution in [0.15, 0.2) is 6.20 Å². The quantitative estimate of drug-likeness (QED) is 0.887. The summed E-state index contributed by atoms with van der Waals surface area (Å²) in [6.07, 6.45) is 4.49. The van der Waals surface area contributed by atoms with Gasteiger partial charge in [-0.2, -0.15) is 10.1 Å². The van der Waals surface area contributed by atoms with Crippen LogP contribution in [0.4, 0.5) is 11.8 Å². The Bertz CT molecular complexity index is 481. The number of rotatable bonds is 5. The lowest BCUT2D eigenvalue weighted by Crippen LogP contribution is -2.45. The van der Waals surface area contributed by atoms with E-state index in [0.29, 0.717) is 25.1 Å². The van der Waals surface area contributed by atoms with Gasteiger partial charge in [-0.15, -0.1) is 5.10 Å². The highest BCUT2D eigenvalue weighted by atomic mass is 16.7. The Hall–Kier alpha value is -1.47. The van der Waals surface area contributed by atoms with Crippen LogP contribution in [-0.4, -0.2) is 53.8 Å². The molecular weight excluding hydrogens is 282 g/mol. The van der Waals surface area contributed by atoms with Gasteiger partial charge in [0, 0.05) is 32.5 Å². The van der Waals surface area contributed by atoms with Gasteiger partial charge in [0.1, 0.15) is 0 Å². The normalized spacial score (nSPS) is 20.8. The molecule has 7 heteroatoms. The van der Waals surface area contributed by atoms with Gasteiger partial charge in [0.2, 0.25) is 5.95 Å². The summed E-state index contributed by atoms with van der Waals surface area (Å²) in [4.78, 5) is 6.72. The fourth-order valence-corrected chi connectivity index (χ4v) is 2.84. The van der Waals surface area contributed by atoms with Crippen LogP contribution in [0.5, 0.6) is 0 Å². The van der Waals surface area contributed by atoms with Gasteiger partial charge in [-0.1, -0.05) is 13.8 Å². The van der Waals surface area contributed by atoms with E-state index in [2.05, 4.69) is 39.2 Å². The fraction of sp³-hybridized carbons (Fsp3) is 0.800. The second-order valence-electron chi connectivity index (χ2n) is 6.35. The summed E-state index contributed by atoms with van der Waals surface area (Å²) in [5.41, 5.74) is 0. The van der Waals surface area contributed by atoms with Crippen LogP contribution in [0.2, 0.25) is 0 Å². The molecule has 1 aromatic heterocycles. The lowest BCUT2D eigenvalue weighted by atomic mass is 10.0. The van der Waals surface area contributed by atoms with Crippen molar-refractivity contribution in [1.82, 2.24) is 15.2 Å². The minimum absolute atomic E-state index is 0.364. The van der Waals surface area contributed by atoms with Crippen molar-refractivity contribution in [3.8, 4) is 0 Å². The van der Waals surface area contributed by atoms with Gasteiger partial charge < -0.3 is 19.7 Å². The first-order valence-electron chi connectivity index (χ1n) is 8.13. The van der Waals surface area contributed by atoms with Crippen LogP contribution in [0.3, 0.4) is 0 Å². The summed E-state index contributed by atoms with van der Waals surface area (Å²) in [5, 5.41) is 11.5. The smallest absolute Gasteiger partial charge is 0.247 e. The van der Waals surface area contributed by atoms with Crippen molar-refractivity contribution in [2.45, 2.75) is 38.9 Å². The van der Waals surface area contributed by atoms with Crippen LogP contribution < -0.4 is 10.2 Å². The lowest BCUT2D eigenvalue weighted by molar-refractivity contribution is -0.169. The third-order valence-electron chi connectivity index (χ3n) is 4.20. The fourth-order valence-electron chi connectivity index (χ4n) is 2.84. The van der Waals surface area contributed by atoms with Crippen LogP contribution in [-0.2, 0) is 9.47 Å². The zero-order chi connectivity index (χ0) is 15.4. The number of hydrogen-bond donors (Lipinski definition) is 1. The molecule has 0 aromatic carbocycles. The van der Waals surface area contributed by atoms with Crippen molar-refractivity contribution in [3.05, 3.63) is 6.20 Å². The van der Waals surface area contributed by atoms with E-state index in [0.717, 1.165) is 44.7 Å². The first kappa shape index (κ1) is 15.4. The van der Waals surface area contributed by atoms with Gasteiger partial charge in [-0.3, -0.25) is 0 Å². The Morgan fingerprint density at radius 1 is 1.27 bits per heavy atom. The molecule has 3 rings (SSSR count). The lowest BCUT2D eigenvalue weighted by Gasteiger charge is -2.37. The molecule has 2 aliphatic rings. The minimum Gasteiger partial charge on any atom is -0.369 e. The summed E-state index contributed by atoms with van der Waals surface area (Å²) in [5.74, 6) is 1.78. The van der Waals surface area contributed by atoms with E-state index >= 15 is 0 Å². The number of anilines is 2. The van der Waals surface area contributed by atoms with E-state index in [4.69, 9.17) is 9.47 Å². The maximum absolute atomic E-state index is 5.75. The molecule has 0 aliphatic carbocycles. The van der Waals surface area contributed by atoms with E-state index in [9.17, 15) is 0 Å². The second-order valence-corrected chi connectivity index (χ2v) is 6.35. The molecule has 0 radical (unpaired) electrons. The molecule has 122 valence electrons. The number of ether oxygens (including phenoxy) is 2. The summed E-state index contributed by atoms with van der Waals surface area (Å²) < 4.78 is 11.5. The second kappa shape index (κ2) is 6.75. The predicted octanol–water partition coefficient (Wildman–Crippen LogP) is 1.67. The number of aromatic nitrogens is 3. The van der Waals surface area contributed by atoms with Crippen molar-refractivity contribution >= 4 is 11.8 Å². The van der Waals surface area contributed by atoms with Crippen molar-refractivity contribution in [2.24, 2.45) is 5.92 Å². The monoisotopic (exact) mass is 307 g/mol. The standard InChI is InChI=1S/C15H25N5O2/c1-12(2)3-6-16-13-11-17-19-14(18-13)20-7-4-15(5-8-20)21-9-10-22-15/h11-12H,3-10H2,1-2H3,(H,16,18,19). The highest BCUT2D eigenvalue weighted by Crippen LogP contribution is 2.32. The number of nitrogens with one attached hydrogen (secondary N) is 1.